The maximum Gasteiger partial charge on any atom is 0.270 e. The lowest BCUT2D eigenvalue weighted by Gasteiger charge is -2.07. The van der Waals surface area contributed by atoms with Crippen molar-refractivity contribution < 1.29 is 19.1 Å². The standard InChI is InChI=1S/C18H21N3O4S/c22-14-3-1-2-8-24-9-10-25-16-11-13(4-6-19-16)18-21-15(12-26-18)17(23)20-7-5-14/h4,6,11-12H,1-3,5,7-10H2,(H,20,23). The number of amides is 1. The predicted molar refractivity (Wildman–Crippen MR) is 97.5 cm³/mol. The molecule has 0 radical (unpaired) electrons. The van der Waals surface area contributed by atoms with Crippen LogP contribution < -0.4 is 10.1 Å². The molecule has 1 amide bonds. The van der Waals surface area contributed by atoms with Crippen molar-refractivity contribution in [2.75, 3.05) is 26.4 Å². The molecule has 0 unspecified atom stereocenters. The summed E-state index contributed by atoms with van der Waals surface area (Å²) in [6.07, 6.45) is 4.11. The average molecular weight is 375 g/mol. The molecule has 0 saturated carbocycles. The zero-order chi connectivity index (χ0) is 18.2. The lowest BCUT2D eigenvalue weighted by molar-refractivity contribution is -0.119. The van der Waals surface area contributed by atoms with E-state index in [0.29, 0.717) is 55.8 Å². The van der Waals surface area contributed by atoms with Gasteiger partial charge in [-0.05, 0) is 18.9 Å². The number of hydrogen-bond donors (Lipinski definition) is 1. The first-order valence-corrected chi connectivity index (χ1v) is 9.53. The fraction of sp³-hybridized carbons (Fsp3) is 0.444. The van der Waals surface area contributed by atoms with Crippen LogP contribution in [0.3, 0.4) is 0 Å². The van der Waals surface area contributed by atoms with Crippen molar-refractivity contribution in [3.63, 3.8) is 0 Å². The highest BCUT2D eigenvalue weighted by Gasteiger charge is 2.13. The van der Waals surface area contributed by atoms with E-state index in [4.69, 9.17) is 9.47 Å². The van der Waals surface area contributed by atoms with Crippen molar-refractivity contribution in [1.29, 1.82) is 0 Å². The molecule has 7 nitrogen and oxygen atoms in total. The third-order valence-corrected chi connectivity index (χ3v) is 4.77. The number of Topliss-reactive ketones (excluding diaryl/α,β-unsaturated/α-hetero) is 1. The second kappa shape index (κ2) is 9.40. The topological polar surface area (TPSA) is 90.4 Å². The van der Waals surface area contributed by atoms with Crippen LogP contribution in [0.1, 0.15) is 36.2 Å². The van der Waals surface area contributed by atoms with Crippen LogP contribution in [0.15, 0.2) is 23.7 Å². The molecule has 0 aromatic carbocycles. The lowest BCUT2D eigenvalue weighted by Crippen LogP contribution is -2.26. The first-order valence-electron chi connectivity index (χ1n) is 8.65. The third kappa shape index (κ3) is 5.34. The zero-order valence-electron chi connectivity index (χ0n) is 14.4. The lowest BCUT2D eigenvalue weighted by atomic mass is 10.1. The highest BCUT2D eigenvalue weighted by molar-refractivity contribution is 7.13. The van der Waals surface area contributed by atoms with Crippen LogP contribution in [0.25, 0.3) is 10.6 Å². The van der Waals surface area contributed by atoms with Gasteiger partial charge in [0.15, 0.2) is 0 Å². The number of nitrogens with one attached hydrogen (secondary N) is 1. The molecule has 1 aliphatic rings. The fourth-order valence-corrected chi connectivity index (χ4v) is 3.29. The maximum atomic E-state index is 12.2. The smallest absolute Gasteiger partial charge is 0.270 e. The van der Waals surface area contributed by atoms with E-state index in [1.165, 1.54) is 11.3 Å². The number of hydrogen-bond acceptors (Lipinski definition) is 7. The summed E-state index contributed by atoms with van der Waals surface area (Å²) < 4.78 is 11.1. The van der Waals surface area contributed by atoms with Crippen LogP contribution in [-0.4, -0.2) is 48.0 Å². The SMILES string of the molecule is O=C1CCCCOCCOc2cc(ccn2)-c2nc(cs2)C(=O)NCC1. The predicted octanol–water partition coefficient (Wildman–Crippen LogP) is 2.47. The summed E-state index contributed by atoms with van der Waals surface area (Å²) in [6, 6.07) is 3.62. The Bertz CT molecular complexity index is 762. The number of fused-ring (bicyclic) bond motifs is 5. The molecular formula is C18H21N3O4S. The van der Waals surface area contributed by atoms with E-state index in [2.05, 4.69) is 15.3 Å². The Kier molecular flexibility index (Phi) is 6.68. The Morgan fingerprint density at radius 2 is 2.04 bits per heavy atom. The Balaban J connectivity index is 1.72. The summed E-state index contributed by atoms with van der Waals surface area (Å²) in [7, 11) is 0. The molecule has 0 fully saturated rings. The van der Waals surface area contributed by atoms with Crippen molar-refractivity contribution in [1.82, 2.24) is 15.3 Å². The van der Waals surface area contributed by atoms with Crippen LogP contribution in [0, 0.1) is 0 Å². The Morgan fingerprint density at radius 3 is 2.96 bits per heavy atom. The van der Waals surface area contributed by atoms with E-state index in [9.17, 15) is 9.59 Å². The normalized spacial score (nSPS) is 17.4. The van der Waals surface area contributed by atoms with E-state index in [1.54, 1.807) is 17.6 Å². The van der Waals surface area contributed by atoms with E-state index >= 15 is 0 Å². The molecule has 1 aliphatic heterocycles. The van der Waals surface area contributed by atoms with Crippen LogP contribution in [-0.2, 0) is 9.53 Å². The molecule has 3 rings (SSSR count). The fourth-order valence-electron chi connectivity index (χ4n) is 2.50. The molecule has 0 spiro atoms. The van der Waals surface area contributed by atoms with Crippen LogP contribution >= 0.6 is 11.3 Å². The van der Waals surface area contributed by atoms with Crippen molar-refractivity contribution in [2.45, 2.75) is 25.7 Å². The van der Waals surface area contributed by atoms with Gasteiger partial charge in [-0.1, -0.05) is 0 Å². The van der Waals surface area contributed by atoms with Crippen molar-refractivity contribution in [3.05, 3.63) is 29.4 Å². The molecule has 0 saturated heterocycles. The molecule has 2 aromatic rings. The number of thiazole rings is 1. The second-order valence-electron chi connectivity index (χ2n) is 5.88. The molecule has 26 heavy (non-hydrogen) atoms. The number of ketones is 1. The molecule has 0 aliphatic carbocycles. The van der Waals surface area contributed by atoms with Gasteiger partial charge >= 0.3 is 0 Å². The number of aromatic nitrogens is 2. The molecule has 0 atom stereocenters. The molecule has 138 valence electrons. The Morgan fingerprint density at radius 1 is 1.12 bits per heavy atom. The number of ether oxygens (including phenoxy) is 2. The largest absolute Gasteiger partial charge is 0.475 e. The van der Waals surface area contributed by atoms with Gasteiger partial charge in [-0.25, -0.2) is 9.97 Å². The van der Waals surface area contributed by atoms with Gasteiger partial charge in [0.05, 0.1) is 6.61 Å². The number of nitrogens with zero attached hydrogens (tertiary/aromatic N) is 2. The molecular weight excluding hydrogens is 354 g/mol. The number of carbonyl (C=O) groups is 2. The zero-order valence-corrected chi connectivity index (χ0v) is 15.2. The van der Waals surface area contributed by atoms with Crippen LogP contribution in [0.2, 0.25) is 0 Å². The van der Waals surface area contributed by atoms with Crippen molar-refractivity contribution >= 4 is 23.0 Å². The van der Waals surface area contributed by atoms with Gasteiger partial charge in [-0.3, -0.25) is 9.59 Å². The molecule has 3 heterocycles. The van der Waals surface area contributed by atoms with Crippen molar-refractivity contribution in [3.8, 4) is 16.5 Å². The van der Waals surface area contributed by atoms with Gasteiger partial charge < -0.3 is 14.8 Å². The average Bonchev–Trinajstić information content (AvgIpc) is 3.14. The van der Waals surface area contributed by atoms with Gasteiger partial charge in [0, 0.05) is 49.2 Å². The third-order valence-electron chi connectivity index (χ3n) is 3.88. The molecule has 4 bridgehead atoms. The first kappa shape index (κ1) is 18.5. The summed E-state index contributed by atoms with van der Waals surface area (Å²) in [5, 5.41) is 5.17. The summed E-state index contributed by atoms with van der Waals surface area (Å²) >= 11 is 1.38. The van der Waals surface area contributed by atoms with E-state index in [-0.39, 0.29) is 11.7 Å². The minimum absolute atomic E-state index is 0.146. The molecule has 2 aromatic heterocycles. The monoisotopic (exact) mass is 375 g/mol. The minimum atomic E-state index is -0.267. The van der Waals surface area contributed by atoms with Crippen molar-refractivity contribution in [2.24, 2.45) is 0 Å². The van der Waals surface area contributed by atoms with Gasteiger partial charge in [-0.2, -0.15) is 0 Å². The summed E-state index contributed by atoms with van der Waals surface area (Å²) in [4.78, 5) is 32.6. The van der Waals surface area contributed by atoms with Gasteiger partial charge in [0.25, 0.3) is 5.91 Å². The Hall–Kier alpha value is -2.32. The quantitative estimate of drug-likeness (QED) is 0.761. The number of pyridine rings is 1. The highest BCUT2D eigenvalue weighted by atomic mass is 32.1. The second-order valence-corrected chi connectivity index (χ2v) is 6.74. The van der Waals surface area contributed by atoms with E-state index in [0.717, 1.165) is 18.4 Å². The van der Waals surface area contributed by atoms with E-state index < -0.39 is 0 Å². The van der Waals surface area contributed by atoms with Crippen LogP contribution in [0.4, 0.5) is 0 Å². The van der Waals surface area contributed by atoms with Crippen LogP contribution in [0.5, 0.6) is 5.88 Å². The number of carbonyl (C=O) groups excluding carboxylic acids is 2. The van der Waals surface area contributed by atoms with Gasteiger partial charge in [0.1, 0.15) is 23.1 Å². The van der Waals surface area contributed by atoms with E-state index in [1.807, 2.05) is 6.07 Å². The summed E-state index contributed by atoms with van der Waals surface area (Å²) in [6.45, 7) is 1.80. The van der Waals surface area contributed by atoms with Gasteiger partial charge in [0.2, 0.25) is 5.88 Å². The molecule has 8 heteroatoms. The Labute approximate surface area is 155 Å². The minimum Gasteiger partial charge on any atom is -0.475 e. The first-order chi connectivity index (χ1) is 12.7. The summed E-state index contributed by atoms with van der Waals surface area (Å²) in [5.41, 5.74) is 1.19. The number of rotatable bonds is 0. The highest BCUT2D eigenvalue weighted by Crippen LogP contribution is 2.25. The van der Waals surface area contributed by atoms with Gasteiger partial charge in [-0.15, -0.1) is 11.3 Å². The maximum absolute atomic E-state index is 12.2. The molecule has 1 N–H and O–H groups in total. The summed E-state index contributed by atoms with van der Waals surface area (Å²) in [5.74, 6) is 0.376.